The molecule has 0 bridgehead atoms. The molecular formula is C11H22O2S. The van der Waals surface area contributed by atoms with Crippen molar-refractivity contribution in [3.05, 3.63) is 0 Å². The highest BCUT2D eigenvalue weighted by Gasteiger charge is 2.15. The second-order valence-electron chi connectivity index (χ2n) is 4.00. The monoisotopic (exact) mass is 218 g/mol. The molecule has 0 amide bonds. The van der Waals surface area contributed by atoms with E-state index in [-0.39, 0.29) is 6.10 Å². The maximum atomic E-state index is 9.60. The summed E-state index contributed by atoms with van der Waals surface area (Å²) in [7, 11) is 0. The lowest BCUT2D eigenvalue weighted by atomic mass is 10.1. The topological polar surface area (TPSA) is 29.5 Å². The van der Waals surface area contributed by atoms with Gasteiger partial charge in [-0.25, -0.2) is 0 Å². The summed E-state index contributed by atoms with van der Waals surface area (Å²) in [5.74, 6) is 1.07. The van der Waals surface area contributed by atoms with Crippen LogP contribution in [-0.4, -0.2) is 35.9 Å². The lowest BCUT2D eigenvalue weighted by molar-refractivity contribution is 0.0941. The number of thioether (sulfide) groups is 1. The summed E-state index contributed by atoms with van der Waals surface area (Å²) in [6, 6.07) is 0. The normalized spacial score (nSPS) is 24.0. The van der Waals surface area contributed by atoms with Crippen molar-refractivity contribution in [3.63, 3.8) is 0 Å². The van der Waals surface area contributed by atoms with E-state index < -0.39 is 0 Å². The second-order valence-corrected chi connectivity index (χ2v) is 4.99. The van der Waals surface area contributed by atoms with Crippen LogP contribution in [0.1, 0.15) is 38.5 Å². The summed E-state index contributed by atoms with van der Waals surface area (Å²) in [4.78, 5) is 0. The van der Waals surface area contributed by atoms with Crippen LogP contribution in [-0.2, 0) is 4.74 Å². The quantitative estimate of drug-likeness (QED) is 0.712. The molecule has 1 fully saturated rings. The van der Waals surface area contributed by atoms with Crippen LogP contribution in [0.25, 0.3) is 0 Å². The molecule has 0 radical (unpaired) electrons. The van der Waals surface area contributed by atoms with E-state index in [2.05, 4.69) is 6.26 Å². The van der Waals surface area contributed by atoms with Crippen LogP contribution in [0, 0.1) is 0 Å². The molecule has 0 aromatic heterocycles. The van der Waals surface area contributed by atoms with Gasteiger partial charge in [-0.1, -0.05) is 0 Å². The smallest absolute Gasteiger partial charge is 0.0576 e. The Bertz CT molecular complexity index is 135. The highest BCUT2D eigenvalue weighted by atomic mass is 32.2. The molecule has 2 unspecified atom stereocenters. The maximum Gasteiger partial charge on any atom is 0.0576 e. The van der Waals surface area contributed by atoms with E-state index in [0.29, 0.717) is 6.10 Å². The van der Waals surface area contributed by atoms with Gasteiger partial charge in [-0.3, -0.25) is 0 Å². The summed E-state index contributed by atoms with van der Waals surface area (Å²) in [6.45, 7) is 0.944. The Morgan fingerprint density at radius 2 is 2.36 bits per heavy atom. The SMILES string of the molecule is CSCCC(O)CCCC1CCCO1. The highest BCUT2D eigenvalue weighted by molar-refractivity contribution is 7.98. The van der Waals surface area contributed by atoms with E-state index in [1.165, 1.54) is 12.8 Å². The van der Waals surface area contributed by atoms with Crippen LogP contribution in [0.2, 0.25) is 0 Å². The molecule has 14 heavy (non-hydrogen) atoms. The maximum absolute atomic E-state index is 9.60. The molecule has 1 N–H and O–H groups in total. The zero-order chi connectivity index (χ0) is 10.2. The molecule has 1 saturated heterocycles. The van der Waals surface area contributed by atoms with Crippen LogP contribution in [0.5, 0.6) is 0 Å². The van der Waals surface area contributed by atoms with E-state index in [9.17, 15) is 5.11 Å². The third-order valence-electron chi connectivity index (χ3n) is 2.74. The van der Waals surface area contributed by atoms with Crippen molar-refractivity contribution < 1.29 is 9.84 Å². The lowest BCUT2D eigenvalue weighted by Crippen LogP contribution is -2.10. The first-order chi connectivity index (χ1) is 6.83. The molecule has 1 heterocycles. The minimum Gasteiger partial charge on any atom is -0.393 e. The van der Waals surface area contributed by atoms with Crippen LogP contribution < -0.4 is 0 Å². The van der Waals surface area contributed by atoms with Gasteiger partial charge in [0.1, 0.15) is 0 Å². The van der Waals surface area contributed by atoms with Crippen molar-refractivity contribution in [1.29, 1.82) is 0 Å². The molecule has 1 aliphatic heterocycles. The Morgan fingerprint density at radius 3 is 3.00 bits per heavy atom. The van der Waals surface area contributed by atoms with Gasteiger partial charge in [0.25, 0.3) is 0 Å². The van der Waals surface area contributed by atoms with Crippen LogP contribution in [0.15, 0.2) is 0 Å². The van der Waals surface area contributed by atoms with E-state index in [1.54, 1.807) is 11.8 Å². The molecule has 2 nitrogen and oxygen atoms in total. The van der Waals surface area contributed by atoms with Crippen molar-refractivity contribution in [1.82, 2.24) is 0 Å². The Labute approximate surface area is 91.4 Å². The molecule has 3 heteroatoms. The van der Waals surface area contributed by atoms with Gasteiger partial charge in [0.05, 0.1) is 12.2 Å². The molecule has 1 aliphatic rings. The molecule has 84 valence electrons. The Morgan fingerprint density at radius 1 is 1.50 bits per heavy atom. The molecule has 1 rings (SSSR count). The molecule has 0 aromatic carbocycles. The van der Waals surface area contributed by atoms with Gasteiger partial charge in [-0.15, -0.1) is 0 Å². The van der Waals surface area contributed by atoms with E-state index in [0.717, 1.165) is 38.0 Å². The number of hydrogen-bond donors (Lipinski definition) is 1. The van der Waals surface area contributed by atoms with Gasteiger partial charge in [0, 0.05) is 6.61 Å². The third kappa shape index (κ3) is 5.23. The number of aliphatic hydroxyl groups excluding tert-OH is 1. The van der Waals surface area contributed by atoms with Gasteiger partial charge < -0.3 is 9.84 Å². The summed E-state index contributed by atoms with van der Waals surface area (Å²) in [5, 5.41) is 9.60. The minimum absolute atomic E-state index is 0.0937. The molecule has 0 saturated carbocycles. The predicted molar refractivity (Wildman–Crippen MR) is 61.8 cm³/mol. The lowest BCUT2D eigenvalue weighted by Gasteiger charge is -2.12. The molecule has 0 aliphatic carbocycles. The average Bonchev–Trinajstić information content (AvgIpc) is 2.67. The Balaban J connectivity index is 1.91. The first kappa shape index (κ1) is 12.3. The molecule has 0 spiro atoms. The standard InChI is InChI=1S/C11H22O2S/c1-14-9-7-10(12)4-2-5-11-6-3-8-13-11/h10-12H,2-9H2,1H3. The largest absolute Gasteiger partial charge is 0.393 e. The molecular weight excluding hydrogens is 196 g/mol. The van der Waals surface area contributed by atoms with Crippen molar-refractivity contribution >= 4 is 11.8 Å². The van der Waals surface area contributed by atoms with Crippen molar-refractivity contribution in [2.45, 2.75) is 50.7 Å². The summed E-state index contributed by atoms with van der Waals surface area (Å²) < 4.78 is 5.53. The van der Waals surface area contributed by atoms with Gasteiger partial charge in [-0.2, -0.15) is 11.8 Å². The zero-order valence-electron chi connectivity index (χ0n) is 9.08. The fourth-order valence-electron chi connectivity index (χ4n) is 1.85. The van der Waals surface area contributed by atoms with Crippen molar-refractivity contribution in [3.8, 4) is 0 Å². The first-order valence-corrected chi connectivity index (χ1v) is 7.01. The third-order valence-corrected chi connectivity index (χ3v) is 3.39. The predicted octanol–water partition coefficient (Wildman–Crippen LogP) is 2.45. The van der Waals surface area contributed by atoms with Gasteiger partial charge in [0.15, 0.2) is 0 Å². The van der Waals surface area contributed by atoms with Gasteiger partial charge in [0.2, 0.25) is 0 Å². The Hall–Kier alpha value is 0.270. The summed E-state index contributed by atoms with van der Waals surface area (Å²) in [6.07, 6.45) is 9.05. The fourth-order valence-corrected chi connectivity index (χ4v) is 2.36. The fraction of sp³-hybridized carbons (Fsp3) is 1.00. The van der Waals surface area contributed by atoms with E-state index in [4.69, 9.17) is 4.74 Å². The zero-order valence-corrected chi connectivity index (χ0v) is 9.89. The number of rotatable bonds is 7. The molecule has 2 atom stereocenters. The Kier molecular flexibility index (Phi) is 6.65. The summed E-state index contributed by atoms with van der Waals surface area (Å²) in [5.41, 5.74) is 0. The van der Waals surface area contributed by atoms with Crippen LogP contribution in [0.3, 0.4) is 0 Å². The summed E-state index contributed by atoms with van der Waals surface area (Å²) >= 11 is 1.80. The first-order valence-electron chi connectivity index (χ1n) is 5.61. The van der Waals surface area contributed by atoms with Crippen LogP contribution in [0.4, 0.5) is 0 Å². The van der Waals surface area contributed by atoms with Gasteiger partial charge in [-0.05, 0) is 50.5 Å². The van der Waals surface area contributed by atoms with Crippen molar-refractivity contribution in [2.24, 2.45) is 0 Å². The highest BCUT2D eigenvalue weighted by Crippen LogP contribution is 2.18. The number of aliphatic hydroxyl groups is 1. The van der Waals surface area contributed by atoms with Crippen LogP contribution >= 0.6 is 11.8 Å². The van der Waals surface area contributed by atoms with E-state index in [1.807, 2.05) is 0 Å². The van der Waals surface area contributed by atoms with E-state index >= 15 is 0 Å². The average molecular weight is 218 g/mol. The molecule has 0 aromatic rings. The van der Waals surface area contributed by atoms with Crippen molar-refractivity contribution in [2.75, 3.05) is 18.6 Å². The second kappa shape index (κ2) is 7.55. The number of hydrogen-bond acceptors (Lipinski definition) is 3. The minimum atomic E-state index is -0.0937. The van der Waals surface area contributed by atoms with Gasteiger partial charge >= 0.3 is 0 Å². The number of ether oxygens (including phenoxy) is 1.